The molecule has 0 fully saturated rings. The van der Waals surface area contributed by atoms with Crippen molar-refractivity contribution in [3.63, 3.8) is 0 Å². The third-order valence-corrected chi connectivity index (χ3v) is 3.70. The van der Waals surface area contributed by atoms with Gasteiger partial charge >= 0.3 is 0 Å². The lowest BCUT2D eigenvalue weighted by molar-refractivity contribution is 0.0826. The molecule has 22 heavy (non-hydrogen) atoms. The molecule has 1 amide bonds. The van der Waals surface area contributed by atoms with E-state index in [9.17, 15) is 9.59 Å². The number of aromatic nitrogens is 1. The number of aryl methyl sites for hydroxylation is 1. The average Bonchev–Trinajstić information content (AvgIpc) is 2.52. The highest BCUT2D eigenvalue weighted by molar-refractivity contribution is 6.31. The summed E-state index contributed by atoms with van der Waals surface area (Å²) in [4.78, 5) is 24.0. The van der Waals surface area contributed by atoms with Crippen molar-refractivity contribution in [1.82, 2.24) is 9.88 Å². The van der Waals surface area contributed by atoms with Gasteiger partial charge in [-0.3, -0.25) is 9.59 Å². The number of amides is 1. The molecule has 6 heteroatoms. The SMILES string of the molecule is COC(CNC(=O)c1cccn(C)c1=O)c1ccccc1Cl. The van der Waals surface area contributed by atoms with Crippen LogP contribution in [-0.4, -0.2) is 24.1 Å². The zero-order valence-electron chi connectivity index (χ0n) is 12.4. The van der Waals surface area contributed by atoms with Gasteiger partial charge < -0.3 is 14.6 Å². The third kappa shape index (κ3) is 3.55. The molecule has 1 atom stereocenters. The highest BCUT2D eigenvalue weighted by Crippen LogP contribution is 2.24. The fourth-order valence-corrected chi connectivity index (χ4v) is 2.36. The van der Waals surface area contributed by atoms with Gasteiger partial charge in [0.15, 0.2) is 0 Å². The molecule has 0 saturated heterocycles. The second kappa shape index (κ2) is 7.24. The lowest BCUT2D eigenvalue weighted by Crippen LogP contribution is -2.34. The minimum Gasteiger partial charge on any atom is -0.375 e. The summed E-state index contributed by atoms with van der Waals surface area (Å²) < 4.78 is 6.73. The number of ether oxygens (including phenoxy) is 1. The number of hydrogen-bond donors (Lipinski definition) is 1. The number of benzene rings is 1. The van der Waals surface area contributed by atoms with Crippen LogP contribution in [0, 0.1) is 0 Å². The summed E-state index contributed by atoms with van der Waals surface area (Å²) in [6.07, 6.45) is 1.21. The van der Waals surface area contributed by atoms with Gasteiger partial charge in [-0.1, -0.05) is 29.8 Å². The van der Waals surface area contributed by atoms with Crippen molar-refractivity contribution in [2.24, 2.45) is 7.05 Å². The lowest BCUT2D eigenvalue weighted by atomic mass is 10.1. The molecule has 1 heterocycles. The second-order valence-electron chi connectivity index (χ2n) is 4.79. The fourth-order valence-electron chi connectivity index (χ4n) is 2.11. The van der Waals surface area contributed by atoms with Crippen molar-refractivity contribution in [2.45, 2.75) is 6.10 Å². The van der Waals surface area contributed by atoms with Gasteiger partial charge in [-0.05, 0) is 18.2 Å². The van der Waals surface area contributed by atoms with Crippen LogP contribution in [0.5, 0.6) is 0 Å². The minimum atomic E-state index is -0.435. The molecule has 2 rings (SSSR count). The summed E-state index contributed by atoms with van der Waals surface area (Å²) in [5, 5.41) is 3.28. The number of methoxy groups -OCH3 is 1. The molecule has 0 spiro atoms. The molecule has 0 aliphatic rings. The molecule has 0 saturated carbocycles. The van der Waals surface area contributed by atoms with Crippen LogP contribution in [0.25, 0.3) is 0 Å². The Bertz CT molecular complexity index is 727. The van der Waals surface area contributed by atoms with Crippen molar-refractivity contribution in [1.29, 1.82) is 0 Å². The molecule has 0 bridgehead atoms. The molecule has 0 radical (unpaired) electrons. The smallest absolute Gasteiger partial charge is 0.263 e. The van der Waals surface area contributed by atoms with Gasteiger partial charge in [0.05, 0.1) is 0 Å². The first-order valence-electron chi connectivity index (χ1n) is 6.75. The van der Waals surface area contributed by atoms with Crippen molar-refractivity contribution >= 4 is 17.5 Å². The predicted octanol–water partition coefficient (Wildman–Crippen LogP) is 2.16. The molecule has 1 N–H and O–H groups in total. The molecule has 116 valence electrons. The Morgan fingerprint density at radius 3 is 2.73 bits per heavy atom. The van der Waals surface area contributed by atoms with E-state index in [0.29, 0.717) is 5.02 Å². The number of carbonyl (C=O) groups excluding carboxylic acids is 1. The van der Waals surface area contributed by atoms with Gasteiger partial charge in [0.1, 0.15) is 11.7 Å². The summed E-state index contributed by atoms with van der Waals surface area (Å²) in [7, 11) is 3.14. The normalized spacial score (nSPS) is 12.0. The zero-order chi connectivity index (χ0) is 16.1. The van der Waals surface area contributed by atoms with Gasteiger partial charge in [0.2, 0.25) is 0 Å². The van der Waals surface area contributed by atoms with Crippen LogP contribution in [0.3, 0.4) is 0 Å². The first-order chi connectivity index (χ1) is 10.5. The van der Waals surface area contributed by atoms with E-state index in [1.165, 1.54) is 10.6 Å². The van der Waals surface area contributed by atoms with Gasteiger partial charge in [-0.25, -0.2) is 0 Å². The molecule has 1 unspecified atom stereocenters. The Kier molecular flexibility index (Phi) is 5.35. The largest absolute Gasteiger partial charge is 0.375 e. The molecule has 0 aliphatic heterocycles. The fraction of sp³-hybridized carbons (Fsp3) is 0.250. The second-order valence-corrected chi connectivity index (χ2v) is 5.20. The van der Waals surface area contributed by atoms with E-state index in [-0.39, 0.29) is 23.8 Å². The Hall–Kier alpha value is -2.11. The molecule has 1 aromatic heterocycles. The number of nitrogens with zero attached hydrogens (tertiary/aromatic N) is 1. The van der Waals surface area contributed by atoms with E-state index in [0.717, 1.165) is 5.56 Å². The number of nitrogens with one attached hydrogen (secondary N) is 1. The molecule has 1 aromatic carbocycles. The van der Waals surface area contributed by atoms with Gasteiger partial charge in [0.25, 0.3) is 11.5 Å². The Morgan fingerprint density at radius 1 is 1.32 bits per heavy atom. The maximum Gasteiger partial charge on any atom is 0.263 e. The highest BCUT2D eigenvalue weighted by Gasteiger charge is 2.17. The standard InChI is InChI=1S/C16H17ClN2O3/c1-19-9-5-7-12(16(19)21)15(20)18-10-14(22-2)11-6-3-4-8-13(11)17/h3-9,14H,10H2,1-2H3,(H,18,20). The summed E-state index contributed by atoms with van der Waals surface area (Å²) in [5.41, 5.74) is 0.540. The van der Waals surface area contributed by atoms with Crippen molar-refractivity contribution in [2.75, 3.05) is 13.7 Å². The summed E-state index contributed by atoms with van der Waals surface area (Å²) in [5.74, 6) is -0.435. The van der Waals surface area contributed by atoms with Crippen molar-refractivity contribution < 1.29 is 9.53 Å². The maximum atomic E-state index is 12.1. The first-order valence-corrected chi connectivity index (χ1v) is 7.13. The van der Waals surface area contributed by atoms with Crippen molar-refractivity contribution in [3.8, 4) is 0 Å². The van der Waals surface area contributed by atoms with E-state index in [1.807, 2.05) is 18.2 Å². The Labute approximate surface area is 133 Å². The Morgan fingerprint density at radius 2 is 2.05 bits per heavy atom. The molecular weight excluding hydrogens is 304 g/mol. The van der Waals surface area contributed by atoms with Crippen LogP contribution in [-0.2, 0) is 11.8 Å². The third-order valence-electron chi connectivity index (χ3n) is 3.35. The molecular formula is C16H17ClN2O3. The topological polar surface area (TPSA) is 60.3 Å². The van der Waals surface area contributed by atoms with Crippen LogP contribution in [0.2, 0.25) is 5.02 Å². The number of pyridine rings is 1. The summed E-state index contributed by atoms with van der Waals surface area (Å²) in [6.45, 7) is 0.219. The first kappa shape index (κ1) is 16.3. The minimum absolute atomic E-state index is 0.0963. The number of rotatable bonds is 5. The van der Waals surface area contributed by atoms with Crippen molar-refractivity contribution in [3.05, 3.63) is 69.1 Å². The van der Waals surface area contributed by atoms with E-state index in [2.05, 4.69) is 5.32 Å². The van der Waals surface area contributed by atoms with Gasteiger partial charge in [-0.15, -0.1) is 0 Å². The van der Waals surface area contributed by atoms with Crippen LogP contribution < -0.4 is 10.9 Å². The van der Waals surface area contributed by atoms with E-state index < -0.39 is 5.91 Å². The lowest BCUT2D eigenvalue weighted by Gasteiger charge is -2.17. The Balaban J connectivity index is 2.11. The van der Waals surface area contributed by atoms with Crippen LogP contribution in [0.15, 0.2) is 47.4 Å². The number of carbonyl (C=O) groups is 1. The summed E-state index contributed by atoms with van der Waals surface area (Å²) >= 11 is 6.13. The monoisotopic (exact) mass is 320 g/mol. The predicted molar refractivity (Wildman–Crippen MR) is 85.2 cm³/mol. The molecule has 5 nitrogen and oxygen atoms in total. The van der Waals surface area contributed by atoms with Crippen LogP contribution in [0.4, 0.5) is 0 Å². The number of halogens is 1. The highest BCUT2D eigenvalue weighted by atomic mass is 35.5. The van der Waals surface area contributed by atoms with E-state index >= 15 is 0 Å². The maximum absolute atomic E-state index is 12.1. The molecule has 0 aliphatic carbocycles. The average molecular weight is 321 g/mol. The van der Waals surface area contributed by atoms with Gasteiger partial charge in [0, 0.05) is 37.5 Å². The molecule has 2 aromatic rings. The summed E-state index contributed by atoms with van der Waals surface area (Å²) in [6, 6.07) is 10.4. The van der Waals surface area contributed by atoms with E-state index in [1.54, 1.807) is 32.5 Å². The van der Waals surface area contributed by atoms with Crippen LogP contribution in [0.1, 0.15) is 22.0 Å². The van der Waals surface area contributed by atoms with Gasteiger partial charge in [-0.2, -0.15) is 0 Å². The quantitative estimate of drug-likeness (QED) is 0.918. The number of hydrogen-bond acceptors (Lipinski definition) is 3. The van der Waals surface area contributed by atoms with E-state index in [4.69, 9.17) is 16.3 Å². The zero-order valence-corrected chi connectivity index (χ0v) is 13.1. The van der Waals surface area contributed by atoms with Crippen LogP contribution >= 0.6 is 11.6 Å².